The number of aliphatic hydroxyl groups is 1. The van der Waals surface area contributed by atoms with Crippen molar-refractivity contribution >= 4 is 11.8 Å². The number of rotatable bonds is 5. The molecule has 7 heteroatoms. The Labute approximate surface area is 183 Å². The van der Waals surface area contributed by atoms with Gasteiger partial charge in [0.2, 0.25) is 11.8 Å². The Morgan fingerprint density at radius 2 is 2.00 bits per heavy atom. The molecular weight excluding hydrogens is 394 g/mol. The molecule has 2 heterocycles. The molecule has 0 bridgehead atoms. The molecule has 0 saturated carbocycles. The van der Waals surface area contributed by atoms with E-state index in [0.717, 1.165) is 16.7 Å². The number of aromatic nitrogens is 1. The van der Waals surface area contributed by atoms with Crippen molar-refractivity contribution in [1.29, 1.82) is 0 Å². The lowest BCUT2D eigenvalue weighted by molar-refractivity contribution is -0.129. The van der Waals surface area contributed by atoms with Gasteiger partial charge in [0, 0.05) is 38.2 Å². The molecule has 0 aliphatic carbocycles. The molecule has 1 N–H and O–H groups in total. The highest BCUT2D eigenvalue weighted by Crippen LogP contribution is 2.30. The lowest BCUT2D eigenvalue weighted by Crippen LogP contribution is -2.50. The molecule has 1 aliphatic heterocycles. The maximum Gasteiger partial charge on any atom is 0.259 e. The highest BCUT2D eigenvalue weighted by atomic mass is 16.5. The third-order valence-electron chi connectivity index (χ3n) is 5.90. The normalized spacial score (nSPS) is 19.7. The molecule has 3 rings (SSSR count). The number of carbonyl (C=O) groups excluding carboxylic acids is 2. The summed E-state index contributed by atoms with van der Waals surface area (Å²) in [4.78, 5) is 33.0. The van der Waals surface area contributed by atoms with Gasteiger partial charge in [-0.15, -0.1) is 0 Å². The Balaban J connectivity index is 2.05. The molecule has 166 valence electrons. The summed E-state index contributed by atoms with van der Waals surface area (Å²) in [5, 5.41) is 9.75. The first-order valence-corrected chi connectivity index (χ1v) is 10.6. The number of carbonyl (C=O) groups is 2. The number of benzene rings is 1. The zero-order valence-electron chi connectivity index (χ0n) is 18.8. The van der Waals surface area contributed by atoms with Crippen LogP contribution < -0.4 is 4.74 Å². The van der Waals surface area contributed by atoms with Crippen molar-refractivity contribution in [3.05, 3.63) is 47.7 Å². The van der Waals surface area contributed by atoms with Crippen molar-refractivity contribution in [2.75, 3.05) is 26.7 Å². The second-order valence-electron chi connectivity index (χ2n) is 8.46. The van der Waals surface area contributed by atoms with E-state index in [4.69, 9.17) is 4.74 Å². The summed E-state index contributed by atoms with van der Waals surface area (Å²) in [6.07, 6.45) is 1.36. The van der Waals surface area contributed by atoms with Gasteiger partial charge in [-0.1, -0.05) is 36.8 Å². The fourth-order valence-electron chi connectivity index (χ4n) is 3.62. The largest absolute Gasteiger partial charge is 0.472 e. The van der Waals surface area contributed by atoms with E-state index in [-0.39, 0.29) is 42.4 Å². The number of ether oxygens (including phenoxy) is 1. The summed E-state index contributed by atoms with van der Waals surface area (Å²) in [7, 11) is 1.73. The van der Waals surface area contributed by atoms with Gasteiger partial charge in [0.1, 0.15) is 11.7 Å². The first kappa shape index (κ1) is 22.7. The number of aryl methyl sites for hydroxylation is 1. The molecular formula is C24H31N3O4. The Kier molecular flexibility index (Phi) is 6.95. The van der Waals surface area contributed by atoms with Crippen molar-refractivity contribution in [1.82, 2.24) is 14.8 Å². The molecule has 1 aliphatic rings. The van der Waals surface area contributed by atoms with Gasteiger partial charge in [0.15, 0.2) is 0 Å². The summed E-state index contributed by atoms with van der Waals surface area (Å²) in [5.74, 6) is -0.0865. The van der Waals surface area contributed by atoms with Crippen LogP contribution in [0.15, 0.2) is 36.5 Å². The number of fused-ring (bicyclic) bond motifs is 1. The molecule has 0 radical (unpaired) electrons. The lowest BCUT2D eigenvalue weighted by atomic mass is 9.99. The van der Waals surface area contributed by atoms with E-state index >= 15 is 0 Å². The molecule has 0 saturated heterocycles. The van der Waals surface area contributed by atoms with Crippen LogP contribution in [0.2, 0.25) is 0 Å². The van der Waals surface area contributed by atoms with Crippen molar-refractivity contribution < 1.29 is 19.4 Å². The molecule has 3 atom stereocenters. The van der Waals surface area contributed by atoms with Crippen LogP contribution in [-0.4, -0.2) is 70.6 Å². The zero-order chi connectivity index (χ0) is 22.7. The van der Waals surface area contributed by atoms with Crippen molar-refractivity contribution in [2.45, 2.75) is 39.8 Å². The van der Waals surface area contributed by atoms with E-state index in [0.29, 0.717) is 18.7 Å². The van der Waals surface area contributed by atoms with Gasteiger partial charge in [-0.2, -0.15) is 0 Å². The number of hydrogen-bond donors (Lipinski definition) is 1. The van der Waals surface area contributed by atoms with E-state index in [2.05, 4.69) is 4.98 Å². The van der Waals surface area contributed by atoms with Crippen molar-refractivity contribution in [3.8, 4) is 17.0 Å². The monoisotopic (exact) mass is 425 g/mol. The smallest absolute Gasteiger partial charge is 0.259 e. The van der Waals surface area contributed by atoms with Crippen LogP contribution in [0.3, 0.4) is 0 Å². The molecule has 7 nitrogen and oxygen atoms in total. The van der Waals surface area contributed by atoms with E-state index in [1.165, 1.54) is 6.92 Å². The van der Waals surface area contributed by atoms with Crippen LogP contribution in [0.4, 0.5) is 0 Å². The van der Waals surface area contributed by atoms with Gasteiger partial charge in [-0.3, -0.25) is 9.59 Å². The summed E-state index contributed by atoms with van der Waals surface area (Å²) in [6.45, 7) is 7.98. The van der Waals surface area contributed by atoms with Crippen LogP contribution in [0.25, 0.3) is 11.1 Å². The predicted molar refractivity (Wildman–Crippen MR) is 119 cm³/mol. The van der Waals surface area contributed by atoms with Crippen LogP contribution in [0.1, 0.15) is 36.7 Å². The minimum absolute atomic E-state index is 0.0579. The van der Waals surface area contributed by atoms with Crippen molar-refractivity contribution in [2.24, 2.45) is 5.92 Å². The van der Waals surface area contributed by atoms with Gasteiger partial charge in [-0.25, -0.2) is 4.98 Å². The van der Waals surface area contributed by atoms with Crippen molar-refractivity contribution in [3.63, 3.8) is 0 Å². The Morgan fingerprint density at radius 1 is 1.32 bits per heavy atom. The lowest BCUT2D eigenvalue weighted by Gasteiger charge is -2.37. The van der Waals surface area contributed by atoms with Gasteiger partial charge in [-0.05, 0) is 25.5 Å². The molecule has 0 fully saturated rings. The van der Waals surface area contributed by atoms with Crippen LogP contribution in [-0.2, 0) is 4.79 Å². The minimum Gasteiger partial charge on any atom is -0.472 e. The number of pyridine rings is 1. The number of nitrogens with zero attached hydrogens (tertiary/aromatic N) is 3. The molecule has 2 aromatic rings. The Hall–Kier alpha value is -2.93. The number of aliphatic hydroxyl groups excluding tert-OH is 1. The first-order valence-electron chi connectivity index (χ1n) is 10.6. The second kappa shape index (κ2) is 9.47. The average Bonchev–Trinajstić information content (AvgIpc) is 2.75. The molecule has 1 aromatic carbocycles. The summed E-state index contributed by atoms with van der Waals surface area (Å²) >= 11 is 0. The summed E-state index contributed by atoms with van der Waals surface area (Å²) < 4.78 is 6.20. The summed E-state index contributed by atoms with van der Waals surface area (Å²) in [6, 6.07) is 9.46. The average molecular weight is 426 g/mol. The highest BCUT2D eigenvalue weighted by molar-refractivity contribution is 5.98. The maximum absolute atomic E-state index is 13.4. The zero-order valence-corrected chi connectivity index (χ0v) is 18.8. The van der Waals surface area contributed by atoms with Gasteiger partial charge in [0.05, 0.1) is 19.2 Å². The minimum atomic E-state index is -0.352. The fourth-order valence-corrected chi connectivity index (χ4v) is 3.62. The molecule has 0 unspecified atom stereocenters. The number of amides is 2. The third kappa shape index (κ3) is 5.05. The van der Waals surface area contributed by atoms with E-state index in [1.807, 2.05) is 45.0 Å². The Bertz CT molecular complexity index is 944. The van der Waals surface area contributed by atoms with Gasteiger partial charge >= 0.3 is 0 Å². The first-order chi connectivity index (χ1) is 14.7. The Morgan fingerprint density at radius 3 is 2.61 bits per heavy atom. The van der Waals surface area contributed by atoms with E-state index < -0.39 is 0 Å². The van der Waals surface area contributed by atoms with Crippen LogP contribution in [0.5, 0.6) is 5.88 Å². The molecule has 1 aromatic heterocycles. The van der Waals surface area contributed by atoms with Gasteiger partial charge < -0.3 is 19.6 Å². The van der Waals surface area contributed by atoms with E-state index in [9.17, 15) is 14.7 Å². The SMILES string of the molecule is CC(=O)N(C)C[C@H]1Oc2ncc(-c3ccc(C)cc3)cc2C(=O)N([C@@H](C)CO)C[C@H]1C. The summed E-state index contributed by atoms with van der Waals surface area (Å²) in [5.41, 5.74) is 3.29. The predicted octanol–water partition coefficient (Wildman–Crippen LogP) is 2.76. The van der Waals surface area contributed by atoms with Gasteiger partial charge in [0.25, 0.3) is 5.91 Å². The number of likely N-dealkylation sites (N-methyl/N-ethyl adjacent to an activating group) is 1. The van der Waals surface area contributed by atoms with E-state index in [1.54, 1.807) is 29.1 Å². The third-order valence-corrected chi connectivity index (χ3v) is 5.90. The topological polar surface area (TPSA) is 83.0 Å². The number of hydrogen-bond acceptors (Lipinski definition) is 5. The highest BCUT2D eigenvalue weighted by Gasteiger charge is 2.34. The van der Waals surface area contributed by atoms with Crippen LogP contribution in [0, 0.1) is 12.8 Å². The van der Waals surface area contributed by atoms with Crippen LogP contribution >= 0.6 is 0 Å². The molecule has 2 amide bonds. The standard InChI is InChI=1S/C24H31N3O4/c1-15-6-8-19(9-7-15)20-10-21-23(25-11-20)31-22(13-26(5)18(4)29)16(2)12-27(24(21)30)17(3)14-28/h6-11,16-17,22,28H,12-14H2,1-5H3/t16-,17+,22-/m1/s1. The molecule has 0 spiro atoms. The maximum atomic E-state index is 13.4. The quantitative estimate of drug-likeness (QED) is 0.797. The fraction of sp³-hybridized carbons (Fsp3) is 0.458. The second-order valence-corrected chi connectivity index (χ2v) is 8.46. The molecule has 31 heavy (non-hydrogen) atoms.